The minimum atomic E-state index is -0.0810. The van der Waals surface area contributed by atoms with Crippen LogP contribution < -0.4 is 14.4 Å². The molecular weight excluding hydrogens is 452 g/mol. The topological polar surface area (TPSA) is 51.2 Å². The average Bonchev–Trinajstić information content (AvgIpc) is 2.91. The van der Waals surface area contributed by atoms with Gasteiger partial charge in [-0.2, -0.15) is 0 Å². The zero-order chi connectivity index (χ0) is 25.9. The van der Waals surface area contributed by atoms with Crippen LogP contribution in [0, 0.1) is 0 Å². The van der Waals surface area contributed by atoms with Crippen molar-refractivity contribution in [3.05, 3.63) is 90.0 Å². The number of amides is 1. The van der Waals surface area contributed by atoms with Crippen LogP contribution in [0.2, 0.25) is 0 Å². The van der Waals surface area contributed by atoms with Gasteiger partial charge in [0.25, 0.3) is 5.91 Å². The van der Waals surface area contributed by atoms with E-state index in [2.05, 4.69) is 11.8 Å². The highest BCUT2D eigenvalue weighted by Crippen LogP contribution is 2.33. The molecule has 0 fully saturated rings. The lowest BCUT2D eigenvalue weighted by atomic mass is 9.91. The molecule has 6 heteroatoms. The van der Waals surface area contributed by atoms with E-state index in [-0.39, 0.29) is 12.7 Å². The summed E-state index contributed by atoms with van der Waals surface area (Å²) in [6, 6.07) is 25.3. The van der Waals surface area contributed by atoms with Gasteiger partial charge in [-0.1, -0.05) is 49.4 Å². The van der Waals surface area contributed by atoms with E-state index < -0.39 is 0 Å². The molecule has 0 atom stereocenters. The second-order valence-electron chi connectivity index (χ2n) is 8.66. The molecule has 1 amide bonds. The first kappa shape index (κ1) is 27.0. The zero-order valence-electron chi connectivity index (χ0n) is 21.9. The first-order valence-electron chi connectivity index (χ1n) is 12.1. The molecule has 6 nitrogen and oxygen atoms in total. The predicted molar refractivity (Wildman–Crippen MR) is 146 cm³/mol. The molecule has 0 saturated carbocycles. The number of anilines is 1. The van der Waals surface area contributed by atoms with Crippen molar-refractivity contribution in [2.24, 2.45) is 0 Å². The largest absolute Gasteiger partial charge is 0.492 e. The lowest BCUT2D eigenvalue weighted by molar-refractivity contribution is -0.113. The summed E-state index contributed by atoms with van der Waals surface area (Å²) in [6.45, 7) is 3.69. The Hall–Kier alpha value is -3.61. The lowest BCUT2D eigenvalue weighted by Gasteiger charge is -2.23. The maximum atomic E-state index is 14.0. The molecule has 3 aromatic rings. The van der Waals surface area contributed by atoms with Crippen molar-refractivity contribution in [2.75, 3.05) is 53.1 Å². The molecule has 190 valence electrons. The van der Waals surface area contributed by atoms with E-state index in [0.29, 0.717) is 24.4 Å². The van der Waals surface area contributed by atoms with Gasteiger partial charge in [0, 0.05) is 26.4 Å². The van der Waals surface area contributed by atoms with E-state index in [1.165, 1.54) is 0 Å². The molecule has 0 aliphatic carbocycles. The highest BCUT2D eigenvalue weighted by atomic mass is 16.7. The summed E-state index contributed by atoms with van der Waals surface area (Å²) >= 11 is 0. The van der Waals surface area contributed by atoms with Crippen LogP contribution in [-0.4, -0.2) is 59.0 Å². The van der Waals surface area contributed by atoms with Gasteiger partial charge in [-0.3, -0.25) is 4.79 Å². The molecule has 0 unspecified atom stereocenters. The first-order chi connectivity index (χ1) is 17.4. The smallest absolute Gasteiger partial charge is 0.258 e. The summed E-state index contributed by atoms with van der Waals surface area (Å²) in [6.07, 6.45) is 0.708. The molecule has 0 aromatic heterocycles. The molecule has 3 aromatic carbocycles. The third-order valence-corrected chi connectivity index (χ3v) is 5.81. The quantitative estimate of drug-likeness (QED) is 0.189. The van der Waals surface area contributed by atoms with Crippen molar-refractivity contribution in [3.63, 3.8) is 0 Å². The third-order valence-electron chi connectivity index (χ3n) is 5.81. The van der Waals surface area contributed by atoms with Crippen LogP contribution in [-0.2, 0) is 9.53 Å². The van der Waals surface area contributed by atoms with Crippen LogP contribution in [0.25, 0.3) is 11.1 Å². The number of carbonyl (C=O) groups is 1. The fourth-order valence-corrected chi connectivity index (χ4v) is 3.83. The van der Waals surface area contributed by atoms with Crippen molar-refractivity contribution < 1.29 is 19.0 Å². The maximum Gasteiger partial charge on any atom is 0.258 e. The fourth-order valence-electron chi connectivity index (χ4n) is 3.83. The molecular formula is C30H36N2O4. The van der Waals surface area contributed by atoms with E-state index in [9.17, 15) is 4.79 Å². The normalized spacial score (nSPS) is 11.7. The molecule has 0 saturated heterocycles. The second-order valence-corrected chi connectivity index (χ2v) is 8.66. The number of allylic oxidation sites excluding steroid dienone is 1. The number of nitrogens with zero attached hydrogens (tertiary/aromatic N) is 2. The number of rotatable bonds is 12. The van der Waals surface area contributed by atoms with Crippen LogP contribution in [0.15, 0.2) is 78.9 Å². The van der Waals surface area contributed by atoms with Gasteiger partial charge in [0.1, 0.15) is 18.1 Å². The van der Waals surface area contributed by atoms with Gasteiger partial charge in [0.05, 0.1) is 5.57 Å². The molecule has 36 heavy (non-hydrogen) atoms. The highest BCUT2D eigenvalue weighted by molar-refractivity contribution is 6.32. The van der Waals surface area contributed by atoms with Gasteiger partial charge in [0.15, 0.2) is 6.79 Å². The number of likely N-dealkylation sites (N-methyl/N-ethyl adjacent to an activating group) is 2. The Balaban J connectivity index is 1.94. The maximum absolute atomic E-state index is 14.0. The number of hydrogen-bond donors (Lipinski definition) is 0. The first-order valence-corrected chi connectivity index (χ1v) is 12.1. The van der Waals surface area contributed by atoms with Gasteiger partial charge in [0.2, 0.25) is 0 Å². The molecule has 0 N–H and O–H groups in total. The van der Waals surface area contributed by atoms with E-state index in [1.807, 2.05) is 93.0 Å². The Morgan fingerprint density at radius 2 is 1.39 bits per heavy atom. The standard InChI is InChI=1S/C30H36N2O4/c1-6-28(23-10-8-7-9-11-23)29(24-12-16-27(17-13-24)36-22-34-5)30(33)32(4)25-14-18-26(19-15-25)35-21-20-31(2)3/h7-19H,6,20-22H2,1-5H3. The van der Waals surface area contributed by atoms with Gasteiger partial charge < -0.3 is 24.0 Å². The monoisotopic (exact) mass is 488 g/mol. The van der Waals surface area contributed by atoms with Crippen molar-refractivity contribution in [1.29, 1.82) is 0 Å². The Morgan fingerprint density at radius 1 is 0.778 bits per heavy atom. The molecule has 0 radical (unpaired) electrons. The van der Waals surface area contributed by atoms with Crippen LogP contribution >= 0.6 is 0 Å². The molecule has 0 aliphatic rings. The molecule has 0 spiro atoms. The Bertz CT molecular complexity index is 1120. The summed E-state index contributed by atoms with van der Waals surface area (Å²) in [5, 5.41) is 0. The summed E-state index contributed by atoms with van der Waals surface area (Å²) in [4.78, 5) is 17.7. The van der Waals surface area contributed by atoms with Crippen molar-refractivity contribution >= 4 is 22.7 Å². The van der Waals surface area contributed by atoms with E-state index in [1.54, 1.807) is 19.1 Å². The molecule has 0 aliphatic heterocycles. The van der Waals surface area contributed by atoms with Gasteiger partial charge in [-0.15, -0.1) is 0 Å². The van der Waals surface area contributed by atoms with Gasteiger partial charge in [-0.25, -0.2) is 0 Å². The van der Waals surface area contributed by atoms with Gasteiger partial charge >= 0.3 is 0 Å². The summed E-state index contributed by atoms with van der Waals surface area (Å²) in [7, 11) is 7.41. The summed E-state index contributed by atoms with van der Waals surface area (Å²) in [5.74, 6) is 1.38. The zero-order valence-corrected chi connectivity index (χ0v) is 21.9. The Morgan fingerprint density at radius 3 is 1.97 bits per heavy atom. The summed E-state index contributed by atoms with van der Waals surface area (Å²) < 4.78 is 16.3. The van der Waals surface area contributed by atoms with Crippen molar-refractivity contribution in [3.8, 4) is 11.5 Å². The number of carbonyl (C=O) groups excluding carboxylic acids is 1. The SMILES string of the molecule is CCC(=C(C(=O)N(C)c1ccc(OCCN(C)C)cc1)c1ccc(OCOC)cc1)c1ccccc1. The number of hydrogen-bond acceptors (Lipinski definition) is 5. The third kappa shape index (κ3) is 7.20. The van der Waals surface area contributed by atoms with Gasteiger partial charge in [-0.05, 0) is 73.6 Å². The van der Waals surface area contributed by atoms with Crippen molar-refractivity contribution in [1.82, 2.24) is 4.90 Å². The number of benzene rings is 3. The average molecular weight is 489 g/mol. The highest BCUT2D eigenvalue weighted by Gasteiger charge is 2.22. The number of methoxy groups -OCH3 is 1. The molecule has 0 bridgehead atoms. The van der Waals surface area contributed by atoms with Crippen LogP contribution in [0.4, 0.5) is 5.69 Å². The lowest BCUT2D eigenvalue weighted by Crippen LogP contribution is -2.28. The van der Waals surface area contributed by atoms with Crippen LogP contribution in [0.3, 0.4) is 0 Å². The predicted octanol–water partition coefficient (Wildman–Crippen LogP) is 5.59. The Labute approximate surface area is 214 Å². The minimum absolute atomic E-state index is 0.0810. The van der Waals surface area contributed by atoms with E-state index in [0.717, 1.165) is 34.7 Å². The summed E-state index contributed by atoms with van der Waals surface area (Å²) in [5.41, 5.74) is 4.31. The van der Waals surface area contributed by atoms with Crippen LogP contribution in [0.1, 0.15) is 24.5 Å². The van der Waals surface area contributed by atoms with E-state index in [4.69, 9.17) is 14.2 Å². The molecule has 3 rings (SSSR count). The fraction of sp³-hybridized carbons (Fsp3) is 0.300. The van der Waals surface area contributed by atoms with Crippen LogP contribution in [0.5, 0.6) is 11.5 Å². The van der Waals surface area contributed by atoms with E-state index >= 15 is 0 Å². The second kappa shape index (κ2) is 13.5. The minimum Gasteiger partial charge on any atom is -0.492 e. The number of ether oxygens (including phenoxy) is 3. The molecule has 0 heterocycles. The Kier molecular flexibility index (Phi) is 10.1. The van der Waals surface area contributed by atoms with Crippen molar-refractivity contribution in [2.45, 2.75) is 13.3 Å².